The lowest BCUT2D eigenvalue weighted by molar-refractivity contribution is -0.117. The molecule has 6 nitrogen and oxygen atoms in total. The number of carbonyl (C=O) groups excluding carboxylic acids is 1. The number of amides is 1. The molecule has 0 radical (unpaired) electrons. The molecule has 6 heteroatoms. The van der Waals surface area contributed by atoms with Gasteiger partial charge in [-0.2, -0.15) is 5.10 Å². The summed E-state index contributed by atoms with van der Waals surface area (Å²) < 4.78 is 11.1. The lowest BCUT2D eigenvalue weighted by atomic mass is 9.92. The van der Waals surface area contributed by atoms with E-state index in [1.165, 1.54) is 12.0 Å². The summed E-state index contributed by atoms with van der Waals surface area (Å²) in [6.45, 7) is 0.962. The van der Waals surface area contributed by atoms with Crippen LogP contribution in [0.1, 0.15) is 19.3 Å². The fourth-order valence-electron chi connectivity index (χ4n) is 2.20. The fraction of sp³-hybridized carbons (Fsp3) is 0.538. The first-order chi connectivity index (χ1) is 9.31. The van der Waals surface area contributed by atoms with Crippen LogP contribution in [0.25, 0.3) is 0 Å². The first kappa shape index (κ1) is 12.2. The Morgan fingerprint density at radius 2 is 2.42 bits per heavy atom. The predicted octanol–water partition coefficient (Wildman–Crippen LogP) is 0.782. The Bertz CT molecular complexity index is 463. The van der Waals surface area contributed by atoms with E-state index in [9.17, 15) is 4.79 Å². The summed E-state index contributed by atoms with van der Waals surface area (Å²) in [7, 11) is 0. The Hall–Kier alpha value is -1.82. The number of allylic oxidation sites excluding steroid dienone is 1. The molecule has 2 fully saturated rings. The van der Waals surface area contributed by atoms with Gasteiger partial charge in [-0.15, -0.1) is 0 Å². The van der Waals surface area contributed by atoms with E-state index < -0.39 is 0 Å². The van der Waals surface area contributed by atoms with E-state index in [0.717, 1.165) is 12.8 Å². The summed E-state index contributed by atoms with van der Waals surface area (Å²) in [4.78, 5) is 11.8. The molecule has 1 saturated carbocycles. The number of carbonyl (C=O) groups is 1. The zero-order chi connectivity index (χ0) is 13.1. The maximum atomic E-state index is 11.8. The fourth-order valence-corrected chi connectivity index (χ4v) is 2.20. The molecule has 3 rings (SSSR count). The molecule has 2 aliphatic rings. The van der Waals surface area contributed by atoms with Crippen molar-refractivity contribution in [2.75, 3.05) is 13.2 Å². The summed E-state index contributed by atoms with van der Waals surface area (Å²) >= 11 is 0. The molecule has 1 aromatic heterocycles. The quantitative estimate of drug-likeness (QED) is 0.787. The van der Waals surface area contributed by atoms with Crippen molar-refractivity contribution >= 4 is 5.91 Å². The number of ether oxygens (including phenoxy) is 2. The van der Waals surface area contributed by atoms with Crippen LogP contribution in [0, 0.1) is 0 Å². The minimum Gasteiger partial charge on any atom is -0.482 e. The molecule has 2 N–H and O–H groups in total. The number of H-pyrrole nitrogens is 1. The molecule has 1 aliphatic carbocycles. The minimum absolute atomic E-state index is 0.0500. The van der Waals surface area contributed by atoms with Crippen LogP contribution in [0.3, 0.4) is 0 Å². The molecule has 0 aromatic carbocycles. The van der Waals surface area contributed by atoms with Gasteiger partial charge in [0.05, 0.1) is 31.6 Å². The highest BCUT2D eigenvalue weighted by Gasteiger charge is 2.31. The molecular weight excluding hydrogens is 246 g/mol. The Morgan fingerprint density at radius 3 is 3.11 bits per heavy atom. The predicted molar refractivity (Wildman–Crippen MR) is 67.7 cm³/mol. The summed E-state index contributed by atoms with van der Waals surface area (Å²) in [5.74, 6) is 0.609. The average Bonchev–Trinajstić information content (AvgIpc) is 2.97. The van der Waals surface area contributed by atoms with Gasteiger partial charge >= 0.3 is 0 Å². The van der Waals surface area contributed by atoms with E-state index in [0.29, 0.717) is 19.0 Å². The van der Waals surface area contributed by atoms with E-state index in [1.54, 1.807) is 18.5 Å². The second kappa shape index (κ2) is 5.44. The molecule has 0 spiro atoms. The van der Waals surface area contributed by atoms with Gasteiger partial charge in [-0.1, -0.05) is 5.57 Å². The van der Waals surface area contributed by atoms with Crippen LogP contribution in [0.15, 0.2) is 24.0 Å². The highest BCUT2D eigenvalue weighted by molar-refractivity contribution is 5.88. The number of hydrogen-bond acceptors (Lipinski definition) is 4. The van der Waals surface area contributed by atoms with Gasteiger partial charge in [-0.3, -0.25) is 9.89 Å². The molecule has 102 valence electrons. The maximum Gasteiger partial charge on any atom is 0.244 e. The molecule has 0 bridgehead atoms. The summed E-state index contributed by atoms with van der Waals surface area (Å²) in [5, 5.41) is 9.45. The second-order valence-electron chi connectivity index (χ2n) is 4.90. The molecular formula is C13H17N3O3. The first-order valence-electron chi connectivity index (χ1n) is 6.54. The van der Waals surface area contributed by atoms with Crippen LogP contribution < -0.4 is 10.1 Å². The van der Waals surface area contributed by atoms with E-state index in [1.807, 2.05) is 0 Å². The summed E-state index contributed by atoms with van der Waals surface area (Å²) in [5.41, 5.74) is 1.23. The highest BCUT2D eigenvalue weighted by Crippen LogP contribution is 2.24. The van der Waals surface area contributed by atoms with Crippen molar-refractivity contribution in [1.82, 2.24) is 15.5 Å². The van der Waals surface area contributed by atoms with E-state index in [-0.39, 0.29) is 18.1 Å². The van der Waals surface area contributed by atoms with Crippen molar-refractivity contribution in [2.24, 2.45) is 0 Å². The van der Waals surface area contributed by atoms with E-state index in [4.69, 9.17) is 9.47 Å². The van der Waals surface area contributed by atoms with Crippen LogP contribution in [-0.2, 0) is 9.53 Å². The van der Waals surface area contributed by atoms with Crippen LogP contribution in [0.5, 0.6) is 5.75 Å². The van der Waals surface area contributed by atoms with Gasteiger partial charge in [-0.05, 0) is 19.3 Å². The number of nitrogens with one attached hydrogen (secondary N) is 2. The molecule has 19 heavy (non-hydrogen) atoms. The smallest absolute Gasteiger partial charge is 0.244 e. The number of aromatic nitrogens is 2. The first-order valence-corrected chi connectivity index (χ1v) is 6.54. The summed E-state index contributed by atoms with van der Waals surface area (Å²) in [6, 6.07) is -0.112. The zero-order valence-corrected chi connectivity index (χ0v) is 10.6. The van der Waals surface area contributed by atoms with E-state index in [2.05, 4.69) is 15.5 Å². The van der Waals surface area contributed by atoms with Crippen molar-refractivity contribution in [2.45, 2.75) is 31.4 Å². The van der Waals surface area contributed by atoms with Crippen molar-refractivity contribution < 1.29 is 14.3 Å². The number of nitrogens with zero attached hydrogens (tertiary/aromatic N) is 1. The molecule has 1 saturated heterocycles. The molecule has 2 heterocycles. The van der Waals surface area contributed by atoms with Crippen LogP contribution in [0.4, 0.5) is 0 Å². The van der Waals surface area contributed by atoms with Gasteiger partial charge in [0, 0.05) is 6.08 Å². The third kappa shape index (κ3) is 2.96. The third-order valence-electron chi connectivity index (χ3n) is 3.45. The van der Waals surface area contributed by atoms with Crippen molar-refractivity contribution in [1.29, 1.82) is 0 Å². The Kier molecular flexibility index (Phi) is 3.50. The zero-order valence-electron chi connectivity index (χ0n) is 10.6. The SMILES string of the molecule is O=C(C=C1CCC1)N[C@H]1COC[C@H]1Oc1cn[nH]c1. The van der Waals surface area contributed by atoms with Gasteiger partial charge in [0.15, 0.2) is 5.75 Å². The normalized spacial score (nSPS) is 25.8. The Labute approximate surface area is 111 Å². The van der Waals surface area contributed by atoms with Crippen LogP contribution in [-0.4, -0.2) is 41.5 Å². The van der Waals surface area contributed by atoms with Crippen LogP contribution >= 0.6 is 0 Å². The molecule has 1 aliphatic heterocycles. The second-order valence-corrected chi connectivity index (χ2v) is 4.90. The molecule has 1 amide bonds. The third-order valence-corrected chi connectivity index (χ3v) is 3.45. The number of rotatable bonds is 4. The lowest BCUT2D eigenvalue weighted by Crippen LogP contribution is -2.44. The molecule has 1 aromatic rings. The largest absolute Gasteiger partial charge is 0.482 e. The minimum atomic E-state index is -0.165. The number of aromatic amines is 1. The van der Waals surface area contributed by atoms with Crippen molar-refractivity contribution in [3.8, 4) is 5.75 Å². The van der Waals surface area contributed by atoms with Gasteiger partial charge in [-0.25, -0.2) is 0 Å². The lowest BCUT2D eigenvalue weighted by Gasteiger charge is -2.20. The standard InChI is InChI=1S/C13H17N3O3/c17-13(4-9-2-1-3-9)16-11-7-18-8-12(11)19-10-5-14-15-6-10/h4-6,11-12H,1-3,7-8H2,(H,14,15)(H,16,17)/t11-,12+/m0/s1. The summed E-state index contributed by atoms with van der Waals surface area (Å²) in [6.07, 6.45) is 8.10. The maximum absolute atomic E-state index is 11.8. The molecule has 2 atom stereocenters. The topological polar surface area (TPSA) is 76.2 Å². The van der Waals surface area contributed by atoms with Crippen LogP contribution in [0.2, 0.25) is 0 Å². The average molecular weight is 263 g/mol. The van der Waals surface area contributed by atoms with Crippen molar-refractivity contribution in [3.63, 3.8) is 0 Å². The van der Waals surface area contributed by atoms with Gasteiger partial charge < -0.3 is 14.8 Å². The highest BCUT2D eigenvalue weighted by atomic mass is 16.5. The van der Waals surface area contributed by atoms with Gasteiger partial charge in [0.1, 0.15) is 6.10 Å². The number of hydrogen-bond donors (Lipinski definition) is 2. The molecule has 0 unspecified atom stereocenters. The van der Waals surface area contributed by atoms with E-state index >= 15 is 0 Å². The van der Waals surface area contributed by atoms with Gasteiger partial charge in [0.25, 0.3) is 0 Å². The van der Waals surface area contributed by atoms with Crippen molar-refractivity contribution in [3.05, 3.63) is 24.0 Å². The Balaban J connectivity index is 1.55. The Morgan fingerprint density at radius 1 is 1.53 bits per heavy atom. The van der Waals surface area contributed by atoms with Gasteiger partial charge in [0.2, 0.25) is 5.91 Å². The monoisotopic (exact) mass is 263 g/mol.